The van der Waals surface area contributed by atoms with Gasteiger partial charge in [-0.05, 0) is 31.2 Å². The minimum Gasteiger partial charge on any atom is -0.382 e. The predicted octanol–water partition coefficient (Wildman–Crippen LogP) is 4.36. The van der Waals surface area contributed by atoms with Gasteiger partial charge >= 0.3 is 6.03 Å². The number of aromatic nitrogens is 1. The zero-order valence-electron chi connectivity index (χ0n) is 15.1. The van der Waals surface area contributed by atoms with Crippen LogP contribution in [0.4, 0.5) is 20.6 Å². The number of carbonyl (C=O) groups excluding carboxylic acids is 1. The number of nitriles is 1. The van der Waals surface area contributed by atoms with E-state index in [1.54, 1.807) is 17.4 Å². The summed E-state index contributed by atoms with van der Waals surface area (Å²) in [6.45, 7) is 2.62. The van der Waals surface area contributed by atoms with Crippen molar-refractivity contribution >= 4 is 28.7 Å². The van der Waals surface area contributed by atoms with E-state index in [9.17, 15) is 9.18 Å². The van der Waals surface area contributed by atoms with Crippen molar-refractivity contribution in [2.45, 2.75) is 6.92 Å². The van der Waals surface area contributed by atoms with Crippen LogP contribution in [-0.2, 0) is 0 Å². The van der Waals surface area contributed by atoms with Crippen molar-refractivity contribution in [1.82, 2.24) is 10.3 Å². The van der Waals surface area contributed by atoms with Gasteiger partial charge in [-0.25, -0.2) is 14.2 Å². The second kappa shape index (κ2) is 8.97. The van der Waals surface area contributed by atoms with Crippen LogP contribution >= 0.6 is 11.3 Å². The molecule has 142 valence electrons. The van der Waals surface area contributed by atoms with Crippen molar-refractivity contribution in [3.8, 4) is 17.3 Å². The second-order valence-corrected chi connectivity index (χ2v) is 6.97. The molecule has 3 rings (SSSR count). The average molecular weight is 395 g/mol. The highest BCUT2D eigenvalue weighted by molar-refractivity contribution is 7.09. The number of halogens is 1. The van der Waals surface area contributed by atoms with Crippen LogP contribution in [0.2, 0.25) is 0 Å². The fourth-order valence-corrected chi connectivity index (χ4v) is 3.18. The first-order valence-corrected chi connectivity index (χ1v) is 9.44. The highest BCUT2D eigenvalue weighted by Gasteiger charge is 2.07. The average Bonchev–Trinajstić information content (AvgIpc) is 3.12. The molecule has 0 aliphatic carbocycles. The number of nitrogens with zero attached hydrogens (tertiary/aromatic N) is 2. The third kappa shape index (κ3) is 4.84. The number of nitrogens with one attached hydrogen (secondary N) is 3. The second-order valence-electron chi connectivity index (χ2n) is 5.91. The summed E-state index contributed by atoms with van der Waals surface area (Å²) < 4.78 is 13.5. The Morgan fingerprint density at radius 2 is 2.00 bits per heavy atom. The van der Waals surface area contributed by atoms with Crippen molar-refractivity contribution in [2.75, 3.05) is 23.7 Å². The SMILES string of the molecule is Cc1nc(-c2ccc(NC(=O)NCCNc3cccc(F)c3C#N)cc2)cs1. The molecule has 0 spiro atoms. The minimum absolute atomic E-state index is 0.0395. The van der Waals surface area contributed by atoms with E-state index in [4.69, 9.17) is 5.26 Å². The Morgan fingerprint density at radius 1 is 1.21 bits per heavy atom. The molecule has 3 N–H and O–H groups in total. The quantitative estimate of drug-likeness (QED) is 0.541. The monoisotopic (exact) mass is 395 g/mol. The van der Waals surface area contributed by atoms with Gasteiger partial charge in [0.05, 0.1) is 16.4 Å². The number of hydrogen-bond donors (Lipinski definition) is 3. The fourth-order valence-electron chi connectivity index (χ4n) is 2.55. The zero-order valence-corrected chi connectivity index (χ0v) is 15.9. The van der Waals surface area contributed by atoms with Crippen LogP contribution < -0.4 is 16.0 Å². The molecule has 0 bridgehead atoms. The number of hydrogen-bond acceptors (Lipinski definition) is 5. The fraction of sp³-hybridized carbons (Fsp3) is 0.150. The number of amides is 2. The van der Waals surface area contributed by atoms with E-state index in [-0.39, 0.29) is 11.6 Å². The van der Waals surface area contributed by atoms with Gasteiger partial charge in [-0.1, -0.05) is 18.2 Å². The summed E-state index contributed by atoms with van der Waals surface area (Å²) in [6, 6.07) is 13.3. The van der Waals surface area contributed by atoms with Gasteiger partial charge in [0, 0.05) is 29.7 Å². The Labute approximate surface area is 166 Å². The topological polar surface area (TPSA) is 89.8 Å². The maximum Gasteiger partial charge on any atom is 0.319 e. The lowest BCUT2D eigenvalue weighted by Gasteiger charge is -2.10. The predicted molar refractivity (Wildman–Crippen MR) is 109 cm³/mol. The molecule has 0 saturated carbocycles. The molecule has 0 aliphatic rings. The molecule has 1 heterocycles. The highest BCUT2D eigenvalue weighted by Crippen LogP contribution is 2.23. The number of carbonyl (C=O) groups is 1. The van der Waals surface area contributed by atoms with Gasteiger partial charge in [0.25, 0.3) is 0 Å². The van der Waals surface area contributed by atoms with E-state index < -0.39 is 5.82 Å². The van der Waals surface area contributed by atoms with Gasteiger partial charge < -0.3 is 16.0 Å². The summed E-state index contributed by atoms with van der Waals surface area (Å²) in [5.74, 6) is -0.575. The van der Waals surface area contributed by atoms with Gasteiger partial charge in [-0.15, -0.1) is 11.3 Å². The smallest absolute Gasteiger partial charge is 0.319 e. The minimum atomic E-state index is -0.575. The Balaban J connectivity index is 1.46. The molecule has 3 aromatic rings. The summed E-state index contributed by atoms with van der Waals surface area (Å²) in [4.78, 5) is 16.4. The van der Waals surface area contributed by atoms with Crippen LogP contribution in [0.3, 0.4) is 0 Å². The van der Waals surface area contributed by atoms with E-state index in [2.05, 4.69) is 20.9 Å². The molecule has 0 saturated heterocycles. The molecule has 0 aliphatic heterocycles. The van der Waals surface area contributed by atoms with Crippen LogP contribution in [0.1, 0.15) is 10.6 Å². The molecule has 6 nitrogen and oxygen atoms in total. The molecule has 2 amide bonds. The number of urea groups is 1. The van der Waals surface area contributed by atoms with Crippen LogP contribution in [0.15, 0.2) is 47.8 Å². The lowest BCUT2D eigenvalue weighted by atomic mass is 10.1. The first-order chi connectivity index (χ1) is 13.6. The Hall–Kier alpha value is -3.44. The number of rotatable bonds is 6. The van der Waals surface area contributed by atoms with Crippen molar-refractivity contribution in [2.24, 2.45) is 0 Å². The van der Waals surface area contributed by atoms with Crippen molar-refractivity contribution in [3.05, 3.63) is 64.2 Å². The zero-order chi connectivity index (χ0) is 19.9. The van der Waals surface area contributed by atoms with Gasteiger partial charge in [-0.2, -0.15) is 5.26 Å². The highest BCUT2D eigenvalue weighted by atomic mass is 32.1. The van der Waals surface area contributed by atoms with Gasteiger partial charge in [0.2, 0.25) is 0 Å². The maximum absolute atomic E-state index is 13.5. The van der Waals surface area contributed by atoms with Crippen LogP contribution in [0.25, 0.3) is 11.3 Å². The number of anilines is 2. The van der Waals surface area contributed by atoms with Crippen molar-refractivity contribution in [3.63, 3.8) is 0 Å². The van der Waals surface area contributed by atoms with E-state index in [0.29, 0.717) is 24.5 Å². The van der Waals surface area contributed by atoms with E-state index in [1.807, 2.05) is 42.6 Å². The summed E-state index contributed by atoms with van der Waals surface area (Å²) in [5, 5.41) is 20.4. The van der Waals surface area contributed by atoms with E-state index in [0.717, 1.165) is 16.3 Å². The van der Waals surface area contributed by atoms with E-state index in [1.165, 1.54) is 12.1 Å². The molecule has 8 heteroatoms. The molecular weight excluding hydrogens is 377 g/mol. The summed E-state index contributed by atoms with van der Waals surface area (Å²) >= 11 is 1.59. The molecule has 0 unspecified atom stereocenters. The maximum atomic E-state index is 13.5. The first kappa shape index (κ1) is 19.3. The molecule has 0 fully saturated rings. The first-order valence-electron chi connectivity index (χ1n) is 8.56. The number of thiazole rings is 1. The Kier molecular flexibility index (Phi) is 6.19. The third-order valence-electron chi connectivity index (χ3n) is 3.91. The molecule has 28 heavy (non-hydrogen) atoms. The molecule has 0 atom stereocenters. The normalized spacial score (nSPS) is 10.2. The largest absolute Gasteiger partial charge is 0.382 e. The third-order valence-corrected chi connectivity index (χ3v) is 4.68. The molecular formula is C20H18FN5OS. The Morgan fingerprint density at radius 3 is 2.68 bits per heavy atom. The number of benzene rings is 2. The van der Waals surface area contributed by atoms with Gasteiger partial charge in [0.1, 0.15) is 17.4 Å². The molecule has 1 aromatic heterocycles. The standard InChI is InChI=1S/C20H18FN5OS/c1-13-25-19(12-28-13)14-5-7-15(8-6-14)26-20(27)24-10-9-23-18-4-2-3-17(21)16(18)11-22/h2-8,12,23H,9-10H2,1H3,(H2,24,26,27). The lowest BCUT2D eigenvalue weighted by Crippen LogP contribution is -2.32. The van der Waals surface area contributed by atoms with Gasteiger partial charge in [-0.3, -0.25) is 0 Å². The molecule has 0 radical (unpaired) electrons. The summed E-state index contributed by atoms with van der Waals surface area (Å²) in [6.07, 6.45) is 0. The van der Waals surface area contributed by atoms with Crippen LogP contribution in [0, 0.1) is 24.1 Å². The summed E-state index contributed by atoms with van der Waals surface area (Å²) in [5.41, 5.74) is 2.93. The van der Waals surface area contributed by atoms with Crippen molar-refractivity contribution in [1.29, 1.82) is 5.26 Å². The van der Waals surface area contributed by atoms with Gasteiger partial charge in [0.15, 0.2) is 0 Å². The van der Waals surface area contributed by atoms with E-state index >= 15 is 0 Å². The number of aryl methyl sites for hydroxylation is 1. The van der Waals surface area contributed by atoms with Crippen LogP contribution in [-0.4, -0.2) is 24.1 Å². The lowest BCUT2D eigenvalue weighted by molar-refractivity contribution is 0.252. The van der Waals surface area contributed by atoms with Crippen LogP contribution in [0.5, 0.6) is 0 Å². The summed E-state index contributed by atoms with van der Waals surface area (Å²) in [7, 11) is 0. The Bertz CT molecular complexity index is 1010. The molecule has 2 aromatic carbocycles. The van der Waals surface area contributed by atoms with Crippen molar-refractivity contribution < 1.29 is 9.18 Å².